The zero-order valence-corrected chi connectivity index (χ0v) is 18.3. The number of amides is 2. The Balaban J connectivity index is 1.48. The van der Waals surface area contributed by atoms with Crippen LogP contribution in [0.25, 0.3) is 0 Å². The maximum Gasteiger partial charge on any atom is 0.449 e. The fraction of sp³-hybridized carbons (Fsp3) is 0.500. The van der Waals surface area contributed by atoms with Crippen molar-refractivity contribution in [2.24, 2.45) is 0 Å². The van der Waals surface area contributed by atoms with Crippen molar-refractivity contribution < 1.29 is 40.3 Å². The molecule has 0 aliphatic carbocycles. The van der Waals surface area contributed by atoms with E-state index in [-0.39, 0.29) is 69.7 Å². The van der Waals surface area contributed by atoms with Gasteiger partial charge in [-0.15, -0.1) is 0 Å². The van der Waals surface area contributed by atoms with Crippen molar-refractivity contribution >= 4 is 11.8 Å². The normalized spacial score (nSPS) is 18.2. The Kier molecular flexibility index (Phi) is 6.78. The van der Waals surface area contributed by atoms with Gasteiger partial charge < -0.3 is 14.4 Å². The zero-order valence-electron chi connectivity index (χ0n) is 18.3. The van der Waals surface area contributed by atoms with Gasteiger partial charge in [0, 0.05) is 32.1 Å². The molecule has 2 aliphatic rings. The van der Waals surface area contributed by atoms with Crippen LogP contribution in [0.3, 0.4) is 0 Å². The summed E-state index contributed by atoms with van der Waals surface area (Å²) in [5.74, 6) is -6.03. The summed E-state index contributed by atoms with van der Waals surface area (Å²) in [6, 6.07) is 1.13. The maximum absolute atomic E-state index is 13.8. The first-order chi connectivity index (χ1) is 16.5. The minimum absolute atomic E-state index is 0.0524. The number of aromatic nitrogens is 2. The molecular formula is C22H21F7N4O2. The Morgan fingerprint density at radius 2 is 1.71 bits per heavy atom. The van der Waals surface area contributed by atoms with Gasteiger partial charge in [-0.05, 0) is 30.9 Å². The van der Waals surface area contributed by atoms with Crippen LogP contribution in [0.4, 0.5) is 30.7 Å². The minimum atomic E-state index is -4.83. The number of likely N-dealkylation sites (tertiary alicyclic amines) is 1. The highest BCUT2D eigenvalue weighted by atomic mass is 19.4. The summed E-state index contributed by atoms with van der Waals surface area (Å²) in [5, 5.41) is 0. The van der Waals surface area contributed by atoms with Gasteiger partial charge in [-0.25, -0.2) is 22.5 Å². The standard InChI is InChI=1S/C22H21F7N4O2/c23-13-4-5-32(10-13)20(35)19-17-11-31(6-7-33(17)21(30-19)22(27,28)29)18(34)3-1-2-12-8-15(25)16(26)9-14(12)24/h8-9,13H,1-7,10-11H2/t13-/m0/s1. The van der Waals surface area contributed by atoms with Crippen LogP contribution >= 0.6 is 0 Å². The molecule has 1 aromatic heterocycles. The highest BCUT2D eigenvalue weighted by molar-refractivity contribution is 5.94. The first kappa shape index (κ1) is 25.0. The van der Waals surface area contributed by atoms with Crippen LogP contribution in [0, 0.1) is 17.5 Å². The van der Waals surface area contributed by atoms with Crippen molar-refractivity contribution in [2.75, 3.05) is 19.6 Å². The second-order valence-corrected chi connectivity index (χ2v) is 8.54. The first-order valence-electron chi connectivity index (χ1n) is 11.0. The average molecular weight is 506 g/mol. The predicted octanol–water partition coefficient (Wildman–Crippen LogP) is 3.87. The number of alkyl halides is 4. The molecule has 6 nitrogen and oxygen atoms in total. The van der Waals surface area contributed by atoms with Crippen LogP contribution in [0.15, 0.2) is 12.1 Å². The lowest BCUT2D eigenvalue weighted by Gasteiger charge is -2.30. The van der Waals surface area contributed by atoms with Gasteiger partial charge in [0.05, 0.1) is 18.8 Å². The highest BCUT2D eigenvalue weighted by Crippen LogP contribution is 2.33. The van der Waals surface area contributed by atoms with Gasteiger partial charge in [0.2, 0.25) is 11.7 Å². The average Bonchev–Trinajstić information content (AvgIpc) is 3.40. The van der Waals surface area contributed by atoms with E-state index in [1.54, 1.807) is 0 Å². The summed E-state index contributed by atoms with van der Waals surface area (Å²) in [7, 11) is 0. The summed E-state index contributed by atoms with van der Waals surface area (Å²) in [5.41, 5.74) is -0.656. The number of imidazole rings is 1. The van der Waals surface area contributed by atoms with Crippen molar-refractivity contribution in [1.82, 2.24) is 19.4 Å². The summed E-state index contributed by atoms with van der Waals surface area (Å²) in [6.45, 7) is -0.823. The van der Waals surface area contributed by atoms with E-state index in [4.69, 9.17) is 0 Å². The van der Waals surface area contributed by atoms with Gasteiger partial charge in [0.1, 0.15) is 12.0 Å². The molecule has 0 spiro atoms. The first-order valence-corrected chi connectivity index (χ1v) is 11.0. The number of nitrogens with zero attached hydrogens (tertiary/aromatic N) is 4. The Bertz CT molecular complexity index is 1150. The molecule has 1 fully saturated rings. The smallest absolute Gasteiger partial charge is 0.335 e. The number of halogens is 7. The molecule has 2 aliphatic heterocycles. The topological polar surface area (TPSA) is 58.4 Å². The summed E-state index contributed by atoms with van der Waals surface area (Å²) >= 11 is 0. The number of benzene rings is 1. The summed E-state index contributed by atoms with van der Waals surface area (Å²) in [4.78, 5) is 31.4. The third-order valence-electron chi connectivity index (χ3n) is 6.16. The molecule has 1 atom stereocenters. The lowest BCUT2D eigenvalue weighted by Crippen LogP contribution is -2.40. The number of rotatable bonds is 5. The molecule has 13 heteroatoms. The molecule has 0 N–H and O–H groups in total. The Morgan fingerprint density at radius 1 is 1.00 bits per heavy atom. The Hall–Kier alpha value is -3.12. The van der Waals surface area contributed by atoms with E-state index in [9.17, 15) is 40.3 Å². The van der Waals surface area contributed by atoms with E-state index in [2.05, 4.69) is 4.98 Å². The van der Waals surface area contributed by atoms with Crippen LogP contribution in [0.5, 0.6) is 0 Å². The number of hydrogen-bond donors (Lipinski definition) is 0. The molecule has 1 saturated heterocycles. The van der Waals surface area contributed by atoms with Gasteiger partial charge in [0.25, 0.3) is 5.91 Å². The second-order valence-electron chi connectivity index (χ2n) is 8.54. The van der Waals surface area contributed by atoms with Crippen molar-refractivity contribution in [3.63, 3.8) is 0 Å². The van der Waals surface area contributed by atoms with Gasteiger partial charge in [-0.1, -0.05) is 0 Å². The number of aryl methyl sites for hydroxylation is 1. The molecule has 0 radical (unpaired) electrons. The predicted molar refractivity (Wildman–Crippen MR) is 107 cm³/mol. The molecule has 4 rings (SSSR count). The molecule has 1 aromatic carbocycles. The monoisotopic (exact) mass is 506 g/mol. The second kappa shape index (κ2) is 9.50. The van der Waals surface area contributed by atoms with E-state index in [1.807, 2.05) is 0 Å². The highest BCUT2D eigenvalue weighted by Gasteiger charge is 2.42. The number of hydrogen-bond acceptors (Lipinski definition) is 3. The van der Waals surface area contributed by atoms with Crippen LogP contribution in [0.1, 0.15) is 46.8 Å². The van der Waals surface area contributed by atoms with Crippen molar-refractivity contribution in [1.29, 1.82) is 0 Å². The third kappa shape index (κ3) is 5.13. The van der Waals surface area contributed by atoms with Crippen molar-refractivity contribution in [3.8, 4) is 0 Å². The van der Waals surface area contributed by atoms with Crippen LogP contribution in [0.2, 0.25) is 0 Å². The fourth-order valence-corrected chi connectivity index (χ4v) is 4.36. The fourth-order valence-electron chi connectivity index (χ4n) is 4.36. The number of carbonyl (C=O) groups is 2. The Labute approximate surface area is 195 Å². The van der Waals surface area contributed by atoms with E-state index in [0.29, 0.717) is 12.1 Å². The largest absolute Gasteiger partial charge is 0.449 e. The van der Waals surface area contributed by atoms with Crippen LogP contribution in [-0.2, 0) is 30.5 Å². The molecule has 190 valence electrons. The Morgan fingerprint density at radius 3 is 2.37 bits per heavy atom. The van der Waals surface area contributed by atoms with Gasteiger partial charge in [-0.2, -0.15) is 13.2 Å². The van der Waals surface area contributed by atoms with Crippen molar-refractivity contribution in [3.05, 3.63) is 52.4 Å². The molecular weight excluding hydrogens is 485 g/mol. The molecule has 2 amide bonds. The van der Waals surface area contributed by atoms with E-state index in [1.165, 1.54) is 4.90 Å². The van der Waals surface area contributed by atoms with E-state index < -0.39 is 53.1 Å². The molecule has 3 heterocycles. The van der Waals surface area contributed by atoms with E-state index in [0.717, 1.165) is 9.47 Å². The van der Waals surface area contributed by atoms with Gasteiger partial charge in [0.15, 0.2) is 17.3 Å². The zero-order chi connectivity index (χ0) is 25.5. The lowest BCUT2D eigenvalue weighted by molar-refractivity contribution is -0.148. The molecule has 35 heavy (non-hydrogen) atoms. The molecule has 2 aromatic rings. The molecule has 0 unspecified atom stereocenters. The summed E-state index contributed by atoms with van der Waals surface area (Å²) in [6.07, 6.45) is -6.11. The lowest BCUT2D eigenvalue weighted by atomic mass is 10.1. The van der Waals surface area contributed by atoms with Crippen LogP contribution in [-0.4, -0.2) is 57.0 Å². The SMILES string of the molecule is O=C(CCCc1cc(F)c(F)cc1F)N1CCn2c(C(F)(F)F)nc(C(=O)N3CC[C@H](F)C3)c2C1. The number of fused-ring (bicyclic) bond motifs is 1. The van der Waals surface area contributed by atoms with Crippen molar-refractivity contribution in [2.45, 2.75) is 51.1 Å². The van der Waals surface area contributed by atoms with E-state index >= 15 is 0 Å². The molecule has 0 bridgehead atoms. The minimum Gasteiger partial charge on any atom is -0.335 e. The van der Waals surface area contributed by atoms with Gasteiger partial charge >= 0.3 is 6.18 Å². The third-order valence-corrected chi connectivity index (χ3v) is 6.16. The maximum atomic E-state index is 13.8. The summed E-state index contributed by atoms with van der Waals surface area (Å²) < 4.78 is 95.2. The molecule has 0 saturated carbocycles. The van der Waals surface area contributed by atoms with Crippen LogP contribution < -0.4 is 0 Å². The quantitative estimate of drug-likeness (QED) is 0.457. The number of carbonyl (C=O) groups excluding carboxylic acids is 2. The van der Waals surface area contributed by atoms with Gasteiger partial charge in [-0.3, -0.25) is 9.59 Å².